The molecule has 5 nitrogen and oxygen atoms in total. The molecule has 1 atom stereocenters. The lowest BCUT2D eigenvalue weighted by Gasteiger charge is -2.18. The third-order valence-corrected chi connectivity index (χ3v) is 3.29. The number of rotatable bonds is 3. The predicted molar refractivity (Wildman–Crippen MR) is 81.2 cm³/mol. The Morgan fingerprint density at radius 1 is 1.55 bits per heavy atom. The predicted octanol–water partition coefficient (Wildman–Crippen LogP) is 1.83. The maximum atomic E-state index is 8.57. The van der Waals surface area contributed by atoms with E-state index >= 15 is 0 Å². The van der Waals surface area contributed by atoms with E-state index in [0.29, 0.717) is 24.3 Å². The van der Waals surface area contributed by atoms with Crippen molar-refractivity contribution in [1.29, 1.82) is 5.26 Å². The lowest BCUT2D eigenvalue weighted by Crippen LogP contribution is -2.41. The molecule has 1 fully saturated rings. The van der Waals surface area contributed by atoms with Gasteiger partial charge in [-0.3, -0.25) is 4.90 Å². The lowest BCUT2D eigenvalue weighted by molar-refractivity contribution is 0.349. The Hall–Kier alpha value is -2.13. The highest BCUT2D eigenvalue weighted by Crippen LogP contribution is 2.18. The van der Waals surface area contributed by atoms with Crippen LogP contribution < -0.4 is 5.32 Å². The molecule has 0 saturated carbocycles. The monoisotopic (exact) mass is 288 g/mol. The third kappa shape index (κ3) is 3.45. The highest BCUT2D eigenvalue weighted by atomic mass is 32.1. The fourth-order valence-electron chi connectivity index (χ4n) is 1.88. The second kappa shape index (κ2) is 6.87. The van der Waals surface area contributed by atoms with Gasteiger partial charge < -0.3 is 10.1 Å². The van der Waals surface area contributed by atoms with Crippen LogP contribution in [0.3, 0.4) is 0 Å². The molecule has 0 spiro atoms. The second-order valence-corrected chi connectivity index (χ2v) is 4.70. The summed E-state index contributed by atoms with van der Waals surface area (Å²) in [6.45, 7) is 3.39. The van der Waals surface area contributed by atoms with Crippen LogP contribution in [-0.4, -0.2) is 35.7 Å². The molecule has 1 heterocycles. The van der Waals surface area contributed by atoms with E-state index in [9.17, 15) is 0 Å². The zero-order valence-corrected chi connectivity index (χ0v) is 12.1. The Kier molecular flexibility index (Phi) is 4.91. The summed E-state index contributed by atoms with van der Waals surface area (Å²) in [5, 5.41) is 11.9. The van der Waals surface area contributed by atoms with Crippen LogP contribution in [0, 0.1) is 11.3 Å². The summed E-state index contributed by atoms with van der Waals surface area (Å²) in [5.74, 6) is 0. The zero-order chi connectivity index (χ0) is 14.4. The number of nitriles is 1. The first-order valence-corrected chi connectivity index (χ1v) is 6.81. The normalized spacial score (nSPS) is 17.4. The van der Waals surface area contributed by atoms with Crippen molar-refractivity contribution in [2.75, 3.05) is 19.7 Å². The summed E-state index contributed by atoms with van der Waals surface area (Å²) in [5.41, 5.74) is 1.12. The average molecular weight is 288 g/mol. The van der Waals surface area contributed by atoms with E-state index in [-0.39, 0.29) is 12.6 Å². The van der Waals surface area contributed by atoms with Crippen molar-refractivity contribution >= 4 is 23.4 Å². The van der Waals surface area contributed by atoms with E-state index in [2.05, 4.69) is 10.3 Å². The molecule has 1 N–H and O–H groups in total. The van der Waals surface area contributed by atoms with Crippen LogP contribution in [0.2, 0.25) is 0 Å². The number of nitrogens with one attached hydrogen (secondary N) is 1. The number of benzene rings is 1. The Balaban J connectivity index is 2.08. The van der Waals surface area contributed by atoms with Gasteiger partial charge in [-0.2, -0.15) is 5.26 Å². The molecule has 0 bridgehead atoms. The fraction of sp³-hybridized carbons (Fsp3) is 0.357. The molecular formula is C14H16N4OS. The molecule has 2 rings (SSSR count). The Morgan fingerprint density at radius 2 is 2.30 bits per heavy atom. The molecule has 0 unspecified atom stereocenters. The van der Waals surface area contributed by atoms with Gasteiger partial charge in [-0.05, 0) is 24.7 Å². The van der Waals surface area contributed by atoms with Gasteiger partial charge in [0.05, 0.1) is 18.7 Å². The van der Waals surface area contributed by atoms with Crippen molar-refractivity contribution in [2.24, 2.45) is 4.99 Å². The summed E-state index contributed by atoms with van der Waals surface area (Å²) in [6, 6.07) is 12.5. The first-order chi connectivity index (χ1) is 9.72. The quantitative estimate of drug-likeness (QED) is 0.679. The molecule has 6 heteroatoms. The largest absolute Gasteiger partial charge is 0.463 e. The van der Waals surface area contributed by atoms with Crippen LogP contribution >= 0.6 is 12.2 Å². The van der Waals surface area contributed by atoms with Crippen molar-refractivity contribution in [3.05, 3.63) is 35.9 Å². The zero-order valence-electron chi connectivity index (χ0n) is 11.2. The van der Waals surface area contributed by atoms with Gasteiger partial charge in [0.1, 0.15) is 13.2 Å². The van der Waals surface area contributed by atoms with Crippen LogP contribution in [0.4, 0.5) is 0 Å². The highest BCUT2D eigenvalue weighted by Gasteiger charge is 2.24. The SMILES string of the molecule is C[C@H](/N=C1\OCCN1C(=S)NCC#N)c1ccccc1. The maximum absolute atomic E-state index is 8.57. The van der Waals surface area contributed by atoms with E-state index in [0.717, 1.165) is 5.56 Å². The number of amidine groups is 1. The molecular weight excluding hydrogens is 272 g/mol. The molecule has 0 aromatic heterocycles. The third-order valence-electron chi connectivity index (χ3n) is 2.93. The number of thiocarbonyl (C=S) groups is 1. The molecule has 1 aromatic carbocycles. The van der Waals surface area contributed by atoms with Crippen LogP contribution in [0.1, 0.15) is 18.5 Å². The number of hydrogen-bond donors (Lipinski definition) is 1. The Bertz CT molecular complexity index is 538. The lowest BCUT2D eigenvalue weighted by atomic mass is 10.1. The summed E-state index contributed by atoms with van der Waals surface area (Å²) < 4.78 is 5.52. The van der Waals surface area contributed by atoms with Crippen molar-refractivity contribution in [3.8, 4) is 6.07 Å². The van der Waals surface area contributed by atoms with Gasteiger partial charge in [-0.25, -0.2) is 4.99 Å². The minimum Gasteiger partial charge on any atom is -0.463 e. The van der Waals surface area contributed by atoms with Gasteiger partial charge in [-0.1, -0.05) is 30.3 Å². The summed E-state index contributed by atoms with van der Waals surface area (Å²) in [4.78, 5) is 6.35. The van der Waals surface area contributed by atoms with Gasteiger partial charge >= 0.3 is 0 Å². The van der Waals surface area contributed by atoms with E-state index in [1.54, 1.807) is 4.90 Å². The number of aliphatic imine (C=N–C) groups is 1. The minimum absolute atomic E-state index is 0.00873. The van der Waals surface area contributed by atoms with Crippen molar-refractivity contribution in [3.63, 3.8) is 0 Å². The summed E-state index contributed by atoms with van der Waals surface area (Å²) >= 11 is 5.23. The van der Waals surface area contributed by atoms with Crippen molar-refractivity contribution in [2.45, 2.75) is 13.0 Å². The van der Waals surface area contributed by atoms with Gasteiger partial charge in [0.2, 0.25) is 0 Å². The van der Waals surface area contributed by atoms with Crippen LogP contribution in [0.5, 0.6) is 0 Å². The summed E-state index contributed by atoms with van der Waals surface area (Å²) in [6.07, 6.45) is 0. The van der Waals surface area contributed by atoms with Crippen LogP contribution in [-0.2, 0) is 4.74 Å². The number of hydrogen-bond acceptors (Lipinski definition) is 4. The van der Waals surface area contributed by atoms with Gasteiger partial charge in [0.15, 0.2) is 5.11 Å². The molecule has 0 radical (unpaired) electrons. The molecule has 0 amide bonds. The van der Waals surface area contributed by atoms with E-state index in [1.165, 1.54) is 0 Å². The van der Waals surface area contributed by atoms with Crippen molar-refractivity contribution in [1.82, 2.24) is 10.2 Å². The second-order valence-electron chi connectivity index (χ2n) is 4.32. The number of ether oxygens (including phenoxy) is 1. The first-order valence-electron chi connectivity index (χ1n) is 6.40. The molecule has 1 aliphatic rings. The minimum atomic E-state index is -0.00873. The maximum Gasteiger partial charge on any atom is 0.294 e. The Morgan fingerprint density at radius 3 is 3.00 bits per heavy atom. The molecule has 1 aromatic rings. The highest BCUT2D eigenvalue weighted by molar-refractivity contribution is 7.80. The van der Waals surface area contributed by atoms with Crippen LogP contribution in [0.25, 0.3) is 0 Å². The molecule has 1 aliphatic heterocycles. The topological polar surface area (TPSA) is 60.6 Å². The molecule has 0 aliphatic carbocycles. The average Bonchev–Trinajstić information content (AvgIpc) is 2.94. The smallest absolute Gasteiger partial charge is 0.294 e. The van der Waals surface area contributed by atoms with E-state index in [1.807, 2.05) is 43.3 Å². The molecule has 104 valence electrons. The fourth-order valence-corrected chi connectivity index (χ4v) is 2.12. The molecule has 20 heavy (non-hydrogen) atoms. The molecule has 1 saturated heterocycles. The van der Waals surface area contributed by atoms with Gasteiger partial charge in [0, 0.05) is 0 Å². The van der Waals surface area contributed by atoms with E-state index in [4.69, 9.17) is 22.2 Å². The van der Waals surface area contributed by atoms with Crippen LogP contribution in [0.15, 0.2) is 35.3 Å². The summed E-state index contributed by atoms with van der Waals surface area (Å²) in [7, 11) is 0. The van der Waals surface area contributed by atoms with Gasteiger partial charge in [-0.15, -0.1) is 0 Å². The standard InChI is InChI=1S/C14H16N4OS/c1-11(12-5-3-2-4-6-12)17-13-18(9-10-19-13)14(20)16-8-7-15/h2-6,11H,8-10H2,1H3,(H,16,20)/b17-13-/t11-/m0/s1. The number of nitrogens with zero attached hydrogens (tertiary/aromatic N) is 3. The Labute approximate surface area is 123 Å². The van der Waals surface area contributed by atoms with Gasteiger partial charge in [0.25, 0.3) is 6.02 Å². The van der Waals surface area contributed by atoms with Crippen molar-refractivity contribution < 1.29 is 4.74 Å². The van der Waals surface area contributed by atoms with E-state index < -0.39 is 0 Å². The first kappa shape index (κ1) is 14.3.